The minimum atomic E-state index is -0.700. The van der Waals surface area contributed by atoms with Gasteiger partial charge in [-0.2, -0.15) is 0 Å². The van der Waals surface area contributed by atoms with E-state index < -0.39 is 6.10 Å². The number of nitrogens with one attached hydrogen (secondary N) is 1. The van der Waals surface area contributed by atoms with E-state index in [4.69, 9.17) is 0 Å². The second-order valence-electron chi connectivity index (χ2n) is 5.34. The maximum atomic E-state index is 13.3. The van der Waals surface area contributed by atoms with E-state index >= 15 is 0 Å². The topological polar surface area (TPSA) is 52.6 Å². The smallest absolute Gasteiger partial charge is 0.217 e. The summed E-state index contributed by atoms with van der Waals surface area (Å²) < 4.78 is 13.3. The van der Waals surface area contributed by atoms with Crippen molar-refractivity contribution in [2.24, 2.45) is 0 Å². The third-order valence-electron chi connectivity index (χ3n) is 3.68. The molecule has 1 amide bonds. The lowest BCUT2D eigenvalue weighted by atomic mass is 10.0. The summed E-state index contributed by atoms with van der Waals surface area (Å²) in [6.45, 7) is 4.74. The number of aliphatic hydroxyl groups excluding tert-OH is 1. The first-order valence-corrected chi connectivity index (χ1v) is 6.97. The Labute approximate surface area is 118 Å². The summed E-state index contributed by atoms with van der Waals surface area (Å²) in [4.78, 5) is 13.2. The Morgan fingerprint density at radius 3 is 2.65 bits per heavy atom. The maximum absolute atomic E-state index is 13.3. The van der Waals surface area contributed by atoms with Gasteiger partial charge in [0.15, 0.2) is 0 Å². The summed E-state index contributed by atoms with van der Waals surface area (Å²) in [7, 11) is 0. The van der Waals surface area contributed by atoms with Gasteiger partial charge in [0.2, 0.25) is 5.91 Å². The molecule has 1 atom stereocenters. The van der Waals surface area contributed by atoms with Crippen LogP contribution in [-0.4, -0.2) is 30.1 Å². The first kappa shape index (κ1) is 14.8. The largest absolute Gasteiger partial charge is 0.389 e. The molecule has 110 valence electrons. The molecule has 1 fully saturated rings. The molecule has 1 heterocycles. The van der Waals surface area contributed by atoms with Crippen molar-refractivity contribution in [3.8, 4) is 0 Å². The van der Waals surface area contributed by atoms with Crippen molar-refractivity contribution in [2.75, 3.05) is 18.0 Å². The summed E-state index contributed by atoms with van der Waals surface area (Å²) in [6, 6.07) is 4.73. The third kappa shape index (κ3) is 3.48. The van der Waals surface area contributed by atoms with Crippen LogP contribution in [0.15, 0.2) is 18.2 Å². The Morgan fingerprint density at radius 2 is 2.10 bits per heavy atom. The van der Waals surface area contributed by atoms with Crippen molar-refractivity contribution in [3.05, 3.63) is 29.6 Å². The molecular formula is C15H21FN2O2. The monoisotopic (exact) mass is 280 g/mol. The number of halogens is 1. The van der Waals surface area contributed by atoms with Crippen LogP contribution in [0.2, 0.25) is 0 Å². The predicted molar refractivity (Wildman–Crippen MR) is 76.1 cm³/mol. The summed E-state index contributed by atoms with van der Waals surface area (Å²) in [5.41, 5.74) is 1.49. The number of carbonyl (C=O) groups excluding carboxylic acids is 1. The second kappa shape index (κ2) is 6.22. The molecule has 20 heavy (non-hydrogen) atoms. The first-order valence-electron chi connectivity index (χ1n) is 6.97. The summed E-state index contributed by atoms with van der Waals surface area (Å²) in [6.07, 6.45) is 1.01. The van der Waals surface area contributed by atoms with E-state index in [1.165, 1.54) is 19.1 Å². The molecule has 1 aliphatic heterocycles. The van der Waals surface area contributed by atoms with E-state index in [9.17, 15) is 14.3 Å². The van der Waals surface area contributed by atoms with Crippen LogP contribution in [0.3, 0.4) is 0 Å². The van der Waals surface area contributed by atoms with Gasteiger partial charge in [-0.1, -0.05) is 0 Å². The number of hydrogen-bond acceptors (Lipinski definition) is 3. The Hall–Kier alpha value is -1.62. The lowest BCUT2D eigenvalue weighted by Gasteiger charge is -2.35. The molecule has 1 aromatic rings. The normalized spacial score (nSPS) is 17.9. The lowest BCUT2D eigenvalue weighted by molar-refractivity contribution is -0.119. The molecule has 2 rings (SSSR count). The van der Waals surface area contributed by atoms with Gasteiger partial charge < -0.3 is 15.3 Å². The number of carbonyl (C=O) groups is 1. The van der Waals surface area contributed by atoms with Crippen LogP contribution in [0.25, 0.3) is 0 Å². The van der Waals surface area contributed by atoms with Crippen LogP contribution >= 0.6 is 0 Å². The van der Waals surface area contributed by atoms with Gasteiger partial charge >= 0.3 is 0 Å². The van der Waals surface area contributed by atoms with E-state index in [0.29, 0.717) is 5.56 Å². The number of benzene rings is 1. The fourth-order valence-electron chi connectivity index (χ4n) is 2.70. The Bertz CT molecular complexity index is 483. The molecule has 0 aliphatic carbocycles. The van der Waals surface area contributed by atoms with Gasteiger partial charge in [0.25, 0.3) is 0 Å². The highest BCUT2D eigenvalue weighted by Crippen LogP contribution is 2.29. The fourth-order valence-corrected chi connectivity index (χ4v) is 2.70. The molecular weight excluding hydrogens is 259 g/mol. The molecule has 0 saturated carbocycles. The SMILES string of the molecule is CC(=O)NC1CCN(c2ccc(F)cc2[C@H](C)O)CC1. The molecule has 1 saturated heterocycles. The zero-order chi connectivity index (χ0) is 14.7. The van der Waals surface area contributed by atoms with Crippen molar-refractivity contribution in [3.63, 3.8) is 0 Å². The highest BCUT2D eigenvalue weighted by atomic mass is 19.1. The van der Waals surface area contributed by atoms with Crippen molar-refractivity contribution >= 4 is 11.6 Å². The van der Waals surface area contributed by atoms with E-state index in [0.717, 1.165) is 31.6 Å². The van der Waals surface area contributed by atoms with Gasteiger partial charge in [0, 0.05) is 37.3 Å². The minimum Gasteiger partial charge on any atom is -0.389 e. The number of nitrogens with zero attached hydrogens (tertiary/aromatic N) is 1. The molecule has 4 nitrogen and oxygen atoms in total. The molecule has 0 radical (unpaired) electrons. The molecule has 1 aliphatic rings. The predicted octanol–water partition coefficient (Wildman–Crippen LogP) is 1.98. The number of piperidine rings is 1. The van der Waals surface area contributed by atoms with Crippen LogP contribution in [0, 0.1) is 5.82 Å². The third-order valence-corrected chi connectivity index (χ3v) is 3.68. The quantitative estimate of drug-likeness (QED) is 0.890. The zero-order valence-electron chi connectivity index (χ0n) is 11.9. The number of amides is 1. The van der Waals surface area contributed by atoms with Crippen molar-refractivity contribution in [1.29, 1.82) is 0 Å². The van der Waals surface area contributed by atoms with Crippen LogP contribution in [0.4, 0.5) is 10.1 Å². The van der Waals surface area contributed by atoms with Crippen LogP contribution in [0.1, 0.15) is 38.4 Å². The average Bonchev–Trinajstić information content (AvgIpc) is 2.39. The zero-order valence-corrected chi connectivity index (χ0v) is 11.9. The van der Waals surface area contributed by atoms with Crippen LogP contribution < -0.4 is 10.2 Å². The lowest BCUT2D eigenvalue weighted by Crippen LogP contribution is -2.44. The number of anilines is 1. The summed E-state index contributed by atoms with van der Waals surface area (Å²) in [5.74, 6) is -0.340. The van der Waals surface area contributed by atoms with E-state index in [2.05, 4.69) is 10.2 Å². The van der Waals surface area contributed by atoms with Gasteiger partial charge in [0.05, 0.1) is 6.10 Å². The van der Waals surface area contributed by atoms with Gasteiger partial charge in [-0.25, -0.2) is 4.39 Å². The molecule has 0 aromatic heterocycles. The highest BCUT2D eigenvalue weighted by molar-refractivity contribution is 5.73. The Morgan fingerprint density at radius 1 is 1.45 bits per heavy atom. The molecule has 0 spiro atoms. The van der Waals surface area contributed by atoms with Crippen molar-refractivity contribution in [2.45, 2.75) is 38.8 Å². The van der Waals surface area contributed by atoms with Gasteiger partial charge in [-0.05, 0) is 38.0 Å². The van der Waals surface area contributed by atoms with Gasteiger partial charge in [-0.3, -0.25) is 4.79 Å². The minimum absolute atomic E-state index is 0.00472. The highest BCUT2D eigenvalue weighted by Gasteiger charge is 2.22. The Balaban J connectivity index is 2.09. The molecule has 0 bridgehead atoms. The van der Waals surface area contributed by atoms with E-state index in [1.54, 1.807) is 13.0 Å². The molecule has 1 aromatic carbocycles. The maximum Gasteiger partial charge on any atom is 0.217 e. The van der Waals surface area contributed by atoms with Gasteiger partial charge in [0.1, 0.15) is 5.82 Å². The number of rotatable bonds is 3. The molecule has 2 N–H and O–H groups in total. The first-order chi connectivity index (χ1) is 9.47. The van der Waals surface area contributed by atoms with Crippen molar-refractivity contribution in [1.82, 2.24) is 5.32 Å². The summed E-state index contributed by atoms with van der Waals surface area (Å²) >= 11 is 0. The van der Waals surface area contributed by atoms with E-state index in [-0.39, 0.29) is 17.8 Å². The van der Waals surface area contributed by atoms with Crippen molar-refractivity contribution < 1.29 is 14.3 Å². The molecule has 0 unspecified atom stereocenters. The van der Waals surface area contributed by atoms with E-state index in [1.807, 2.05) is 0 Å². The second-order valence-corrected chi connectivity index (χ2v) is 5.34. The standard InChI is InChI=1S/C15H21FN2O2/c1-10(19)14-9-12(16)3-4-15(14)18-7-5-13(6-8-18)17-11(2)20/h3-4,9-10,13,19H,5-8H2,1-2H3,(H,17,20)/t10-/m0/s1. The summed E-state index contributed by atoms with van der Waals surface area (Å²) in [5, 5.41) is 12.7. The fraction of sp³-hybridized carbons (Fsp3) is 0.533. The average molecular weight is 280 g/mol. The molecule has 5 heteroatoms. The number of aliphatic hydroxyl groups is 1. The van der Waals surface area contributed by atoms with Crippen LogP contribution in [-0.2, 0) is 4.79 Å². The van der Waals surface area contributed by atoms with Gasteiger partial charge in [-0.15, -0.1) is 0 Å². The van der Waals surface area contributed by atoms with Crippen LogP contribution in [0.5, 0.6) is 0 Å². The number of hydrogen-bond donors (Lipinski definition) is 2. The Kier molecular flexibility index (Phi) is 4.60.